The molecule has 2 aliphatic heterocycles. The molecule has 1 saturated carbocycles. The predicted octanol–water partition coefficient (Wildman–Crippen LogP) is 3.11. The van der Waals surface area contributed by atoms with Gasteiger partial charge in [0.1, 0.15) is 12.4 Å². The van der Waals surface area contributed by atoms with E-state index in [4.69, 9.17) is 9.47 Å². The van der Waals surface area contributed by atoms with Crippen molar-refractivity contribution in [3.63, 3.8) is 0 Å². The highest BCUT2D eigenvalue weighted by Gasteiger charge is 2.46. The van der Waals surface area contributed by atoms with Crippen LogP contribution in [0.15, 0.2) is 24.3 Å². The minimum absolute atomic E-state index is 0.00546. The highest BCUT2D eigenvalue weighted by Crippen LogP contribution is 2.30. The van der Waals surface area contributed by atoms with Crippen LogP contribution in [-0.2, 0) is 20.7 Å². The molecular formula is C27H41N3O4. The molecule has 0 bridgehead atoms. The number of hydrogen-bond acceptors (Lipinski definition) is 5. The number of morpholine rings is 1. The summed E-state index contributed by atoms with van der Waals surface area (Å²) in [5, 5.41) is 0. The first-order valence-corrected chi connectivity index (χ1v) is 13.1. The van der Waals surface area contributed by atoms with E-state index in [1.54, 1.807) is 0 Å². The van der Waals surface area contributed by atoms with Crippen molar-refractivity contribution in [3.05, 3.63) is 29.8 Å². The van der Waals surface area contributed by atoms with Crippen LogP contribution in [0.2, 0.25) is 0 Å². The lowest BCUT2D eigenvalue weighted by molar-refractivity contribution is -0.176. The van der Waals surface area contributed by atoms with Gasteiger partial charge in [0, 0.05) is 19.1 Å². The predicted molar refractivity (Wildman–Crippen MR) is 132 cm³/mol. The van der Waals surface area contributed by atoms with Crippen LogP contribution in [0.3, 0.4) is 0 Å². The van der Waals surface area contributed by atoms with Crippen LogP contribution in [0.5, 0.6) is 5.75 Å². The van der Waals surface area contributed by atoms with Crippen LogP contribution in [0.1, 0.15) is 57.4 Å². The quantitative estimate of drug-likeness (QED) is 0.675. The average molecular weight is 472 g/mol. The van der Waals surface area contributed by atoms with Gasteiger partial charge in [0.2, 0.25) is 5.91 Å². The molecule has 1 aliphatic carbocycles. The van der Waals surface area contributed by atoms with E-state index < -0.39 is 5.60 Å². The van der Waals surface area contributed by atoms with Crippen molar-refractivity contribution in [2.24, 2.45) is 0 Å². The van der Waals surface area contributed by atoms with Crippen LogP contribution in [0, 0.1) is 0 Å². The first kappa shape index (κ1) is 25.0. The molecule has 2 amide bonds. The summed E-state index contributed by atoms with van der Waals surface area (Å²) in [4.78, 5) is 33.0. The summed E-state index contributed by atoms with van der Waals surface area (Å²) in [5.41, 5.74) is 0.247. The van der Waals surface area contributed by atoms with Crippen molar-refractivity contribution >= 4 is 11.8 Å². The third kappa shape index (κ3) is 5.74. The molecular weight excluding hydrogens is 430 g/mol. The summed E-state index contributed by atoms with van der Waals surface area (Å²) >= 11 is 0. The molecule has 3 aliphatic rings. The number of para-hydroxylation sites is 1. The Kier molecular flexibility index (Phi) is 8.48. The number of fused-ring (bicyclic) bond motifs is 1. The van der Waals surface area contributed by atoms with Crippen LogP contribution in [-0.4, -0.2) is 91.1 Å². The number of amides is 2. The standard InChI is InChI=1S/C27H41N3O4/c1-3-29-16-18-33-24-14-7-4-10-22(24)11-8-9-15-27(26(29)32)21-30(17-19-34-27)25(31)20-28(2)23-12-5-6-13-23/h4,7,10,14,23H,3,5-6,8-9,11-13,15-21H2,1-2H3. The van der Waals surface area contributed by atoms with Gasteiger partial charge in [0.15, 0.2) is 5.60 Å². The van der Waals surface area contributed by atoms with Crippen LogP contribution >= 0.6 is 0 Å². The second kappa shape index (κ2) is 11.5. The van der Waals surface area contributed by atoms with E-state index in [2.05, 4.69) is 18.0 Å². The summed E-state index contributed by atoms with van der Waals surface area (Å²) in [7, 11) is 2.06. The van der Waals surface area contributed by atoms with Gasteiger partial charge in [-0.3, -0.25) is 14.5 Å². The number of carbonyl (C=O) groups is 2. The van der Waals surface area contributed by atoms with Crippen molar-refractivity contribution in [2.45, 2.75) is 69.9 Å². The monoisotopic (exact) mass is 471 g/mol. The Labute approximate surface area is 204 Å². The molecule has 1 aromatic rings. The smallest absolute Gasteiger partial charge is 0.256 e. The molecule has 1 aromatic carbocycles. The fourth-order valence-electron chi connectivity index (χ4n) is 5.71. The molecule has 7 nitrogen and oxygen atoms in total. The van der Waals surface area contributed by atoms with E-state index in [0.29, 0.717) is 58.4 Å². The molecule has 4 rings (SSSR count). The third-order valence-corrected chi connectivity index (χ3v) is 7.80. The van der Waals surface area contributed by atoms with E-state index in [1.165, 1.54) is 31.2 Å². The van der Waals surface area contributed by atoms with Crippen LogP contribution in [0.4, 0.5) is 0 Å². The zero-order valence-corrected chi connectivity index (χ0v) is 21.0. The molecule has 0 N–H and O–H groups in total. The van der Waals surface area contributed by atoms with Crippen LogP contribution in [0.25, 0.3) is 0 Å². The third-order valence-electron chi connectivity index (χ3n) is 7.80. The molecule has 2 heterocycles. The zero-order valence-electron chi connectivity index (χ0n) is 21.0. The van der Waals surface area contributed by atoms with E-state index in [1.807, 2.05) is 34.9 Å². The molecule has 0 radical (unpaired) electrons. The number of carbonyl (C=O) groups excluding carboxylic acids is 2. The lowest BCUT2D eigenvalue weighted by atomic mass is 9.91. The molecule has 188 valence electrons. The minimum atomic E-state index is -0.964. The fraction of sp³-hybridized carbons (Fsp3) is 0.704. The van der Waals surface area contributed by atoms with Gasteiger partial charge in [-0.15, -0.1) is 0 Å². The Morgan fingerprint density at radius 3 is 2.71 bits per heavy atom. The number of hydrogen-bond donors (Lipinski definition) is 0. The summed E-state index contributed by atoms with van der Waals surface area (Å²) in [5.74, 6) is 1.02. The van der Waals surface area contributed by atoms with Gasteiger partial charge in [-0.1, -0.05) is 31.0 Å². The number of rotatable bonds is 4. The lowest BCUT2D eigenvalue weighted by Crippen LogP contribution is -2.62. The molecule has 34 heavy (non-hydrogen) atoms. The summed E-state index contributed by atoms with van der Waals surface area (Å²) in [6.45, 7) is 5.25. The minimum Gasteiger partial charge on any atom is -0.491 e. The van der Waals surface area contributed by atoms with Gasteiger partial charge in [0.05, 0.1) is 26.2 Å². The van der Waals surface area contributed by atoms with Gasteiger partial charge >= 0.3 is 0 Å². The average Bonchev–Trinajstić information content (AvgIpc) is 3.40. The molecule has 0 aromatic heterocycles. The lowest BCUT2D eigenvalue weighted by Gasteiger charge is -2.44. The number of likely N-dealkylation sites (N-methyl/N-ethyl adjacent to an activating group) is 2. The first-order valence-electron chi connectivity index (χ1n) is 13.1. The van der Waals surface area contributed by atoms with E-state index >= 15 is 0 Å². The van der Waals surface area contributed by atoms with Gasteiger partial charge in [-0.05, 0) is 64.1 Å². The van der Waals surface area contributed by atoms with E-state index in [0.717, 1.165) is 25.0 Å². The highest BCUT2D eigenvalue weighted by atomic mass is 16.5. The Hall–Kier alpha value is -2.12. The van der Waals surface area contributed by atoms with Crippen LogP contribution < -0.4 is 4.74 Å². The Morgan fingerprint density at radius 2 is 1.91 bits per heavy atom. The van der Waals surface area contributed by atoms with Crippen molar-refractivity contribution in [1.82, 2.24) is 14.7 Å². The maximum atomic E-state index is 13.8. The Morgan fingerprint density at radius 1 is 1.12 bits per heavy atom. The Bertz CT molecular complexity index is 841. The molecule has 2 fully saturated rings. The van der Waals surface area contributed by atoms with Gasteiger partial charge in [0.25, 0.3) is 5.91 Å². The van der Waals surface area contributed by atoms with Crippen molar-refractivity contribution in [2.75, 3.05) is 53.0 Å². The van der Waals surface area contributed by atoms with Gasteiger partial charge < -0.3 is 19.3 Å². The summed E-state index contributed by atoms with van der Waals surface area (Å²) in [6.07, 6.45) is 8.20. The molecule has 1 saturated heterocycles. The van der Waals surface area contributed by atoms with E-state index in [-0.39, 0.29) is 11.8 Å². The van der Waals surface area contributed by atoms with Gasteiger partial charge in [-0.2, -0.15) is 0 Å². The number of ether oxygens (including phenoxy) is 2. The topological polar surface area (TPSA) is 62.3 Å². The number of aryl methyl sites for hydroxylation is 1. The first-order chi connectivity index (χ1) is 16.5. The fourth-order valence-corrected chi connectivity index (χ4v) is 5.71. The number of benzene rings is 1. The normalized spacial score (nSPS) is 25.1. The molecule has 1 spiro atoms. The van der Waals surface area contributed by atoms with Crippen molar-refractivity contribution in [1.29, 1.82) is 0 Å². The van der Waals surface area contributed by atoms with Crippen molar-refractivity contribution < 1.29 is 19.1 Å². The molecule has 7 heteroatoms. The maximum Gasteiger partial charge on any atom is 0.256 e. The highest BCUT2D eigenvalue weighted by molar-refractivity contribution is 5.87. The molecule has 1 unspecified atom stereocenters. The number of nitrogens with zero attached hydrogens (tertiary/aromatic N) is 3. The second-order valence-electron chi connectivity index (χ2n) is 10.1. The summed E-state index contributed by atoms with van der Waals surface area (Å²) in [6, 6.07) is 8.68. The maximum absolute atomic E-state index is 13.8. The largest absolute Gasteiger partial charge is 0.491 e. The second-order valence-corrected chi connectivity index (χ2v) is 10.1. The summed E-state index contributed by atoms with van der Waals surface area (Å²) < 4.78 is 12.3. The van der Waals surface area contributed by atoms with Crippen molar-refractivity contribution in [3.8, 4) is 5.75 Å². The Balaban J connectivity index is 1.47. The zero-order chi connectivity index (χ0) is 24.0. The van der Waals surface area contributed by atoms with E-state index in [9.17, 15) is 9.59 Å². The SMILES string of the molecule is CCN1CCOc2ccccc2CCCCC2(CN(C(=O)CN(C)C3CCCC3)CCO2)C1=O. The molecule has 1 atom stereocenters. The van der Waals surface area contributed by atoms with Gasteiger partial charge in [-0.25, -0.2) is 0 Å².